The van der Waals surface area contributed by atoms with Crippen molar-refractivity contribution in [3.8, 4) is 0 Å². The summed E-state index contributed by atoms with van der Waals surface area (Å²) in [7, 11) is -9.94. The molecular formula is C92H180O17P2. The van der Waals surface area contributed by atoms with Crippen LogP contribution in [0.3, 0.4) is 0 Å². The van der Waals surface area contributed by atoms with Crippen molar-refractivity contribution < 1.29 is 80.2 Å². The molecule has 0 amide bonds. The van der Waals surface area contributed by atoms with Gasteiger partial charge in [0.15, 0.2) is 12.2 Å². The Morgan fingerprint density at radius 1 is 0.261 bits per heavy atom. The molecule has 0 heterocycles. The maximum atomic E-state index is 13.2. The molecule has 0 radical (unpaired) electrons. The summed E-state index contributed by atoms with van der Waals surface area (Å²) < 4.78 is 69.1. The van der Waals surface area contributed by atoms with E-state index in [1.807, 2.05) is 0 Å². The van der Waals surface area contributed by atoms with Crippen molar-refractivity contribution in [2.45, 2.75) is 510 Å². The van der Waals surface area contributed by atoms with Crippen LogP contribution in [0.25, 0.3) is 0 Å². The van der Waals surface area contributed by atoms with E-state index in [4.69, 9.17) is 37.0 Å². The number of unbranched alkanes of at least 4 members (excludes halogenated alkanes) is 57. The van der Waals surface area contributed by atoms with E-state index in [0.29, 0.717) is 25.7 Å². The zero-order valence-electron chi connectivity index (χ0n) is 73.4. The Morgan fingerprint density at radius 2 is 0.459 bits per heavy atom. The fourth-order valence-electron chi connectivity index (χ4n) is 14.4. The lowest BCUT2D eigenvalue weighted by atomic mass is 10.00. The number of aliphatic hydroxyl groups is 1. The van der Waals surface area contributed by atoms with Crippen LogP contribution in [0.15, 0.2) is 0 Å². The highest BCUT2D eigenvalue weighted by atomic mass is 31.2. The number of esters is 4. The highest BCUT2D eigenvalue weighted by Gasteiger charge is 2.31. The van der Waals surface area contributed by atoms with E-state index in [9.17, 15) is 43.2 Å². The third kappa shape index (κ3) is 84.3. The molecule has 660 valence electrons. The minimum Gasteiger partial charge on any atom is -0.462 e. The molecule has 0 aromatic carbocycles. The number of carbonyl (C=O) groups excluding carboxylic acids is 4. The first-order chi connectivity index (χ1) is 53.8. The summed E-state index contributed by atoms with van der Waals surface area (Å²) in [5.74, 6) is 0.256. The second kappa shape index (κ2) is 81.8. The van der Waals surface area contributed by atoms with Gasteiger partial charge in [-0.3, -0.25) is 37.3 Å². The molecule has 0 fully saturated rings. The van der Waals surface area contributed by atoms with E-state index in [-0.39, 0.29) is 25.7 Å². The van der Waals surface area contributed by atoms with Crippen LogP contribution >= 0.6 is 15.6 Å². The van der Waals surface area contributed by atoms with Gasteiger partial charge in [0.05, 0.1) is 26.4 Å². The van der Waals surface area contributed by atoms with Crippen LogP contribution in [0, 0.1) is 17.8 Å². The Bertz CT molecular complexity index is 2130. The maximum Gasteiger partial charge on any atom is 0.472 e. The van der Waals surface area contributed by atoms with Gasteiger partial charge < -0.3 is 33.8 Å². The summed E-state index contributed by atoms with van der Waals surface area (Å²) in [6, 6.07) is 0. The smallest absolute Gasteiger partial charge is 0.462 e. The van der Waals surface area contributed by atoms with Gasteiger partial charge in [-0.25, -0.2) is 9.13 Å². The molecule has 0 rings (SSSR count). The monoisotopic (exact) mass is 1620 g/mol. The number of rotatable bonds is 90. The van der Waals surface area contributed by atoms with Crippen molar-refractivity contribution in [2.75, 3.05) is 39.6 Å². The zero-order chi connectivity index (χ0) is 81.5. The molecule has 111 heavy (non-hydrogen) atoms. The van der Waals surface area contributed by atoms with Crippen LogP contribution in [0.1, 0.15) is 492 Å². The van der Waals surface area contributed by atoms with Gasteiger partial charge in [-0.15, -0.1) is 0 Å². The predicted octanol–water partition coefficient (Wildman–Crippen LogP) is 28.4. The van der Waals surface area contributed by atoms with Crippen molar-refractivity contribution >= 4 is 39.5 Å². The second-order valence-corrected chi connectivity index (χ2v) is 37.2. The van der Waals surface area contributed by atoms with Crippen LogP contribution in [0.5, 0.6) is 0 Å². The summed E-state index contributed by atoms with van der Waals surface area (Å²) in [4.78, 5) is 73.4. The molecule has 0 aliphatic rings. The first kappa shape index (κ1) is 109. The third-order valence-electron chi connectivity index (χ3n) is 22.0. The number of ether oxygens (including phenoxy) is 4. The molecule has 17 nitrogen and oxygen atoms in total. The van der Waals surface area contributed by atoms with Gasteiger partial charge in [0, 0.05) is 25.7 Å². The molecule has 0 aromatic heterocycles. The third-order valence-corrected chi connectivity index (χ3v) is 23.9. The van der Waals surface area contributed by atoms with Crippen molar-refractivity contribution in [3.63, 3.8) is 0 Å². The van der Waals surface area contributed by atoms with Crippen molar-refractivity contribution in [2.24, 2.45) is 17.8 Å². The van der Waals surface area contributed by atoms with Crippen LogP contribution in [-0.2, 0) is 65.4 Å². The van der Waals surface area contributed by atoms with Crippen LogP contribution in [0.4, 0.5) is 0 Å². The summed E-state index contributed by atoms with van der Waals surface area (Å²) in [5.41, 5.74) is 0. The molecule has 3 unspecified atom stereocenters. The Morgan fingerprint density at radius 3 is 0.685 bits per heavy atom. The molecular weight excluding hydrogens is 1440 g/mol. The van der Waals surface area contributed by atoms with Gasteiger partial charge in [-0.1, -0.05) is 440 Å². The van der Waals surface area contributed by atoms with E-state index >= 15 is 0 Å². The van der Waals surface area contributed by atoms with Crippen molar-refractivity contribution in [3.05, 3.63) is 0 Å². The van der Waals surface area contributed by atoms with E-state index in [1.54, 1.807) is 0 Å². The fourth-order valence-corrected chi connectivity index (χ4v) is 16.0. The first-order valence-corrected chi connectivity index (χ1v) is 50.4. The van der Waals surface area contributed by atoms with Gasteiger partial charge in [0.25, 0.3) is 0 Å². The molecule has 0 aliphatic carbocycles. The minimum atomic E-state index is -4.97. The van der Waals surface area contributed by atoms with Gasteiger partial charge in [0.2, 0.25) is 0 Å². The fraction of sp³-hybridized carbons (Fsp3) is 0.957. The quantitative estimate of drug-likeness (QED) is 0.0222. The molecule has 19 heteroatoms. The number of carbonyl (C=O) groups is 4. The van der Waals surface area contributed by atoms with Gasteiger partial charge >= 0.3 is 39.5 Å². The lowest BCUT2D eigenvalue weighted by Crippen LogP contribution is -2.30. The summed E-state index contributed by atoms with van der Waals surface area (Å²) in [6.07, 6.45) is 75.3. The summed E-state index contributed by atoms with van der Waals surface area (Å²) in [5, 5.41) is 10.7. The Balaban J connectivity index is 5.22. The Hall–Kier alpha value is -1.94. The highest BCUT2D eigenvalue weighted by Crippen LogP contribution is 2.45. The number of hydrogen-bond acceptors (Lipinski definition) is 15. The van der Waals surface area contributed by atoms with Gasteiger partial charge in [-0.05, 0) is 43.4 Å². The van der Waals surface area contributed by atoms with Crippen LogP contribution in [0.2, 0.25) is 0 Å². The molecule has 0 saturated heterocycles. The largest absolute Gasteiger partial charge is 0.472 e. The minimum absolute atomic E-state index is 0.107. The Kier molecular flexibility index (Phi) is 80.4. The van der Waals surface area contributed by atoms with Crippen LogP contribution < -0.4 is 0 Å². The van der Waals surface area contributed by atoms with E-state index in [1.165, 1.54) is 295 Å². The SMILES string of the molecule is CCCCCCCCCCCCCCCCCCCCCCCCC(=O)O[C@H](COC(=O)CCCCCCCCCCCCCCCCCCCCC(C)C)COP(=O)(O)OC[C@@H](O)COP(=O)(O)OC[C@@H](COC(=O)CCCCCCCCC(C)CC)OC(=O)CCCCCCCCCCCCCCCCCC(C)C. The molecule has 0 aromatic rings. The maximum absolute atomic E-state index is 13.2. The van der Waals surface area contributed by atoms with Crippen molar-refractivity contribution in [1.29, 1.82) is 0 Å². The van der Waals surface area contributed by atoms with Crippen molar-refractivity contribution in [1.82, 2.24) is 0 Å². The lowest BCUT2D eigenvalue weighted by molar-refractivity contribution is -0.161. The molecule has 6 atom stereocenters. The van der Waals surface area contributed by atoms with E-state index in [2.05, 4.69) is 48.5 Å². The number of phosphoric acid groups is 2. The molecule has 0 spiro atoms. The lowest BCUT2D eigenvalue weighted by Gasteiger charge is -2.21. The average Bonchev–Trinajstić information content (AvgIpc) is 0.899. The summed E-state index contributed by atoms with van der Waals surface area (Å²) in [6.45, 7) is 12.0. The van der Waals surface area contributed by atoms with Crippen LogP contribution in [-0.4, -0.2) is 96.7 Å². The van der Waals surface area contributed by atoms with Gasteiger partial charge in [0.1, 0.15) is 19.3 Å². The van der Waals surface area contributed by atoms with Gasteiger partial charge in [-0.2, -0.15) is 0 Å². The van der Waals surface area contributed by atoms with E-state index in [0.717, 1.165) is 114 Å². The first-order valence-electron chi connectivity index (χ1n) is 47.4. The highest BCUT2D eigenvalue weighted by molar-refractivity contribution is 7.47. The normalized spacial score (nSPS) is 14.0. The topological polar surface area (TPSA) is 237 Å². The predicted molar refractivity (Wildman–Crippen MR) is 460 cm³/mol. The average molecular weight is 1620 g/mol. The summed E-state index contributed by atoms with van der Waals surface area (Å²) >= 11 is 0. The Labute approximate surface area is 683 Å². The van der Waals surface area contributed by atoms with E-state index < -0.39 is 97.5 Å². The molecule has 0 saturated carbocycles. The standard InChI is InChI=1S/C92H180O17P2/c1-8-10-11-12-13-14-15-16-17-18-19-20-21-22-27-32-37-42-47-52-61-68-75-91(96)108-87(79-102-89(94)73-66-59-51-46-41-36-31-26-24-23-25-29-34-39-44-49-56-63-70-83(3)4)81-106-110(98,99)104-77-86(93)78-105-111(100,101)107-82-88(80-103-90(95)74-67-60-55-54-58-65-72-85(7)9-2)109-92(97)76-69-62-53-48-43-38-33-28-30-35-40-45-50-57-64-71-84(5)6/h83-88,93H,8-82H2,1-7H3,(H,98,99)(H,100,101)/t85?,86-,87-,88-/m1/s1. The second-order valence-electron chi connectivity index (χ2n) is 34.2. The molecule has 3 N–H and O–H groups in total. The number of phosphoric ester groups is 2. The molecule has 0 aliphatic heterocycles. The number of aliphatic hydroxyl groups excluding tert-OH is 1. The molecule has 0 bridgehead atoms. The number of hydrogen-bond donors (Lipinski definition) is 3. The zero-order valence-corrected chi connectivity index (χ0v) is 75.2.